The first-order valence-electron chi connectivity index (χ1n) is 11.2. The highest BCUT2D eigenvalue weighted by Crippen LogP contribution is 2.42. The van der Waals surface area contributed by atoms with Crippen molar-refractivity contribution in [2.45, 2.75) is 78.4 Å². The fourth-order valence-corrected chi connectivity index (χ4v) is 4.55. The van der Waals surface area contributed by atoms with Crippen molar-refractivity contribution in [1.29, 1.82) is 0 Å². The third-order valence-electron chi connectivity index (χ3n) is 5.74. The molecule has 1 unspecified atom stereocenters. The van der Waals surface area contributed by atoms with E-state index in [0.717, 1.165) is 25.8 Å². The molecular formula is C25H36N2O3. The molecule has 2 amide bonds. The second-order valence-corrected chi connectivity index (χ2v) is 9.85. The van der Waals surface area contributed by atoms with Gasteiger partial charge in [-0.05, 0) is 74.6 Å². The highest BCUT2D eigenvalue weighted by molar-refractivity contribution is 5.83. The largest absolute Gasteiger partial charge is 0.444 e. The Morgan fingerprint density at radius 2 is 1.97 bits per heavy atom. The Hall–Kier alpha value is -2.30. The van der Waals surface area contributed by atoms with E-state index in [1.807, 2.05) is 20.8 Å². The lowest BCUT2D eigenvalue weighted by molar-refractivity contribution is -0.133. The van der Waals surface area contributed by atoms with Crippen LogP contribution in [0.15, 0.2) is 29.8 Å². The summed E-state index contributed by atoms with van der Waals surface area (Å²) < 4.78 is 5.25. The highest BCUT2D eigenvalue weighted by atomic mass is 16.6. The average Bonchev–Trinajstić information content (AvgIpc) is 3.03. The van der Waals surface area contributed by atoms with Crippen molar-refractivity contribution < 1.29 is 14.3 Å². The minimum Gasteiger partial charge on any atom is -0.444 e. The van der Waals surface area contributed by atoms with Crippen molar-refractivity contribution in [3.05, 3.63) is 41.0 Å². The number of nitrogens with one attached hydrogen (secondary N) is 1. The zero-order valence-electron chi connectivity index (χ0n) is 19.1. The monoisotopic (exact) mass is 412 g/mol. The Balaban J connectivity index is 1.60. The standard InChI is InChI=1S/C25H36N2O3/c1-17(2)15-22-21-16-18-9-6-7-10-19(18)20(21)12-14-27(22)23(28)11-8-13-26-24(29)30-25(3,4)5/h6-7,9-10,17,22H,8,11-16H2,1-5H3,(H,26,29). The molecule has 0 saturated heterocycles. The molecule has 0 radical (unpaired) electrons. The topological polar surface area (TPSA) is 58.6 Å². The molecule has 3 rings (SSSR count). The summed E-state index contributed by atoms with van der Waals surface area (Å²) in [6.45, 7) is 11.2. The van der Waals surface area contributed by atoms with Crippen LogP contribution >= 0.6 is 0 Å². The number of amides is 2. The van der Waals surface area contributed by atoms with E-state index in [-0.39, 0.29) is 11.9 Å². The second kappa shape index (κ2) is 9.23. The molecule has 164 valence electrons. The number of carbonyl (C=O) groups is 2. The fourth-order valence-electron chi connectivity index (χ4n) is 4.55. The number of ether oxygens (including phenoxy) is 1. The van der Waals surface area contributed by atoms with Crippen LogP contribution in [0.2, 0.25) is 0 Å². The molecule has 0 spiro atoms. The summed E-state index contributed by atoms with van der Waals surface area (Å²) in [6.07, 6.45) is 3.53. The zero-order chi connectivity index (χ0) is 21.9. The minimum absolute atomic E-state index is 0.187. The van der Waals surface area contributed by atoms with Crippen LogP contribution in [0.5, 0.6) is 0 Å². The molecule has 0 saturated carbocycles. The first-order chi connectivity index (χ1) is 14.2. The van der Waals surface area contributed by atoms with E-state index >= 15 is 0 Å². The molecular weight excluding hydrogens is 376 g/mol. The van der Waals surface area contributed by atoms with Gasteiger partial charge in [-0.2, -0.15) is 0 Å². The van der Waals surface area contributed by atoms with E-state index in [1.54, 1.807) is 0 Å². The lowest BCUT2D eigenvalue weighted by Gasteiger charge is -2.38. The smallest absolute Gasteiger partial charge is 0.407 e. The van der Waals surface area contributed by atoms with Crippen LogP contribution < -0.4 is 5.32 Å². The maximum absolute atomic E-state index is 13.1. The Morgan fingerprint density at radius 3 is 2.67 bits per heavy atom. The Labute approximate surface area is 180 Å². The molecule has 1 aromatic carbocycles. The molecule has 1 heterocycles. The SMILES string of the molecule is CC(C)CC1C2=C(CCN1C(=O)CCCNC(=O)OC(C)(C)C)c1ccccc1C2. The van der Waals surface area contributed by atoms with Gasteiger partial charge in [0.25, 0.3) is 0 Å². The maximum Gasteiger partial charge on any atom is 0.407 e. The molecule has 1 aromatic rings. The molecule has 1 N–H and O–H groups in total. The van der Waals surface area contributed by atoms with Gasteiger partial charge < -0.3 is 15.0 Å². The Kier molecular flexibility index (Phi) is 6.89. The maximum atomic E-state index is 13.1. The van der Waals surface area contributed by atoms with Crippen molar-refractivity contribution >= 4 is 17.6 Å². The molecule has 0 bridgehead atoms. The van der Waals surface area contributed by atoms with Gasteiger partial charge in [0.1, 0.15) is 5.60 Å². The zero-order valence-corrected chi connectivity index (χ0v) is 19.1. The molecule has 5 heteroatoms. The minimum atomic E-state index is -0.512. The number of carbonyl (C=O) groups excluding carboxylic acids is 2. The highest BCUT2D eigenvalue weighted by Gasteiger charge is 2.36. The van der Waals surface area contributed by atoms with Crippen LogP contribution in [0.1, 0.15) is 71.4 Å². The van der Waals surface area contributed by atoms with Crippen molar-refractivity contribution in [1.82, 2.24) is 10.2 Å². The van der Waals surface area contributed by atoms with Crippen molar-refractivity contribution in [3.8, 4) is 0 Å². The van der Waals surface area contributed by atoms with Crippen LogP contribution in [0, 0.1) is 5.92 Å². The van der Waals surface area contributed by atoms with Crippen LogP contribution in [-0.2, 0) is 16.0 Å². The summed E-state index contributed by atoms with van der Waals surface area (Å²) in [4.78, 5) is 27.0. The Bertz CT molecular complexity index is 820. The molecule has 0 aromatic heterocycles. The summed E-state index contributed by atoms with van der Waals surface area (Å²) in [5, 5.41) is 2.75. The number of benzene rings is 1. The summed E-state index contributed by atoms with van der Waals surface area (Å²) in [5.41, 5.74) is 5.17. The molecule has 1 aliphatic heterocycles. The fraction of sp³-hybridized carbons (Fsp3) is 0.600. The quantitative estimate of drug-likeness (QED) is 0.673. The third-order valence-corrected chi connectivity index (χ3v) is 5.74. The number of hydrogen-bond acceptors (Lipinski definition) is 3. The molecule has 30 heavy (non-hydrogen) atoms. The van der Waals surface area contributed by atoms with E-state index in [9.17, 15) is 9.59 Å². The number of alkyl carbamates (subject to hydrolysis) is 1. The molecule has 2 aliphatic rings. The summed E-state index contributed by atoms with van der Waals surface area (Å²) in [5.74, 6) is 0.712. The lowest BCUT2D eigenvalue weighted by Crippen LogP contribution is -2.45. The number of fused-ring (bicyclic) bond motifs is 2. The lowest BCUT2D eigenvalue weighted by atomic mass is 9.87. The number of hydrogen-bond donors (Lipinski definition) is 1. The van der Waals surface area contributed by atoms with Gasteiger partial charge in [-0.1, -0.05) is 38.1 Å². The molecule has 0 fully saturated rings. The van der Waals surface area contributed by atoms with Gasteiger partial charge in [-0.3, -0.25) is 4.79 Å². The summed E-state index contributed by atoms with van der Waals surface area (Å²) in [7, 11) is 0. The van der Waals surface area contributed by atoms with E-state index < -0.39 is 11.7 Å². The average molecular weight is 413 g/mol. The first kappa shape index (κ1) is 22.4. The van der Waals surface area contributed by atoms with Gasteiger partial charge in [0.15, 0.2) is 0 Å². The van der Waals surface area contributed by atoms with Gasteiger partial charge in [0.2, 0.25) is 5.91 Å². The van der Waals surface area contributed by atoms with E-state index in [1.165, 1.54) is 22.3 Å². The predicted molar refractivity (Wildman–Crippen MR) is 120 cm³/mol. The summed E-state index contributed by atoms with van der Waals surface area (Å²) in [6, 6.07) is 8.85. The van der Waals surface area contributed by atoms with Crippen LogP contribution in [0.3, 0.4) is 0 Å². The molecule has 1 aliphatic carbocycles. The van der Waals surface area contributed by atoms with Gasteiger partial charge in [0, 0.05) is 19.5 Å². The van der Waals surface area contributed by atoms with E-state index in [2.05, 4.69) is 48.3 Å². The normalized spacial score (nSPS) is 18.3. The molecule has 1 atom stereocenters. The van der Waals surface area contributed by atoms with E-state index in [4.69, 9.17) is 4.74 Å². The molecule has 5 nitrogen and oxygen atoms in total. The summed E-state index contributed by atoms with van der Waals surface area (Å²) >= 11 is 0. The van der Waals surface area contributed by atoms with E-state index in [0.29, 0.717) is 25.3 Å². The van der Waals surface area contributed by atoms with Crippen molar-refractivity contribution in [2.75, 3.05) is 13.1 Å². The second-order valence-electron chi connectivity index (χ2n) is 9.85. The van der Waals surface area contributed by atoms with Crippen molar-refractivity contribution in [2.24, 2.45) is 5.92 Å². The van der Waals surface area contributed by atoms with Gasteiger partial charge in [0.05, 0.1) is 6.04 Å². The first-order valence-corrected chi connectivity index (χ1v) is 11.2. The van der Waals surface area contributed by atoms with Crippen molar-refractivity contribution in [3.63, 3.8) is 0 Å². The van der Waals surface area contributed by atoms with Crippen LogP contribution in [-0.4, -0.2) is 41.6 Å². The van der Waals surface area contributed by atoms with Crippen LogP contribution in [0.4, 0.5) is 4.79 Å². The van der Waals surface area contributed by atoms with Gasteiger partial charge in [-0.25, -0.2) is 4.79 Å². The Morgan fingerprint density at radius 1 is 1.23 bits per heavy atom. The number of rotatable bonds is 6. The third kappa shape index (κ3) is 5.44. The van der Waals surface area contributed by atoms with Gasteiger partial charge in [-0.15, -0.1) is 0 Å². The van der Waals surface area contributed by atoms with Gasteiger partial charge >= 0.3 is 6.09 Å². The van der Waals surface area contributed by atoms with Crippen LogP contribution in [0.25, 0.3) is 5.57 Å². The predicted octanol–water partition coefficient (Wildman–Crippen LogP) is 4.95. The number of nitrogens with zero attached hydrogens (tertiary/aromatic N) is 1.